The van der Waals surface area contributed by atoms with Crippen LogP contribution < -0.4 is 5.32 Å². The minimum Gasteiger partial charge on any atom is -0.338 e. The van der Waals surface area contributed by atoms with Gasteiger partial charge in [0.15, 0.2) is 0 Å². The molecule has 0 atom stereocenters. The predicted molar refractivity (Wildman–Crippen MR) is 103 cm³/mol. The number of rotatable bonds is 3. The van der Waals surface area contributed by atoms with Crippen molar-refractivity contribution in [2.45, 2.75) is 18.9 Å². The highest BCUT2D eigenvalue weighted by atomic mass is 79.9. The van der Waals surface area contributed by atoms with E-state index in [4.69, 9.17) is 0 Å². The number of likely N-dealkylation sites (tertiary alicyclic amines) is 1. The fourth-order valence-corrected chi connectivity index (χ4v) is 3.99. The van der Waals surface area contributed by atoms with Crippen molar-refractivity contribution in [3.8, 4) is 10.4 Å². The first-order valence-electron chi connectivity index (χ1n) is 7.49. The van der Waals surface area contributed by atoms with Crippen LogP contribution in [0.3, 0.4) is 0 Å². The number of benzene rings is 1. The molecule has 0 saturated carbocycles. The van der Waals surface area contributed by atoms with E-state index in [0.29, 0.717) is 6.04 Å². The van der Waals surface area contributed by atoms with E-state index in [-0.39, 0.29) is 18.3 Å². The average Bonchev–Trinajstić information content (AvgIpc) is 3.05. The molecule has 3 nitrogen and oxygen atoms in total. The Labute approximate surface area is 155 Å². The molecule has 1 N–H and O–H groups in total. The van der Waals surface area contributed by atoms with Gasteiger partial charge in [-0.15, -0.1) is 23.7 Å². The normalized spacial score (nSPS) is 15.3. The number of amides is 1. The van der Waals surface area contributed by atoms with Crippen LogP contribution in [0.2, 0.25) is 0 Å². The highest BCUT2D eigenvalue weighted by Crippen LogP contribution is 2.30. The van der Waals surface area contributed by atoms with Crippen LogP contribution in [0.5, 0.6) is 0 Å². The van der Waals surface area contributed by atoms with E-state index < -0.39 is 0 Å². The number of halogens is 2. The molecule has 1 fully saturated rings. The maximum absolute atomic E-state index is 12.6. The Morgan fingerprint density at radius 2 is 1.83 bits per heavy atom. The van der Waals surface area contributed by atoms with Gasteiger partial charge in [0.25, 0.3) is 5.91 Å². The van der Waals surface area contributed by atoms with Crippen LogP contribution in [0.15, 0.2) is 40.9 Å². The van der Waals surface area contributed by atoms with Gasteiger partial charge < -0.3 is 10.2 Å². The number of nitrogens with zero attached hydrogens (tertiary/aromatic N) is 1. The summed E-state index contributed by atoms with van der Waals surface area (Å²) in [6.45, 7) is 1.69. The molecule has 23 heavy (non-hydrogen) atoms. The van der Waals surface area contributed by atoms with Gasteiger partial charge in [-0.25, -0.2) is 0 Å². The van der Waals surface area contributed by atoms with Gasteiger partial charge in [-0.1, -0.05) is 28.1 Å². The first-order valence-corrected chi connectivity index (χ1v) is 9.10. The monoisotopic (exact) mass is 414 g/mol. The van der Waals surface area contributed by atoms with Crippen LogP contribution in [0, 0.1) is 0 Å². The van der Waals surface area contributed by atoms with Crippen molar-refractivity contribution in [3.63, 3.8) is 0 Å². The molecule has 3 rings (SSSR count). The zero-order valence-electron chi connectivity index (χ0n) is 12.9. The Hall–Kier alpha value is -0.880. The fourth-order valence-electron chi connectivity index (χ4n) is 2.75. The van der Waals surface area contributed by atoms with Crippen molar-refractivity contribution in [1.82, 2.24) is 10.2 Å². The molecule has 0 bridgehead atoms. The van der Waals surface area contributed by atoms with Crippen molar-refractivity contribution in [1.29, 1.82) is 0 Å². The molecule has 1 saturated heterocycles. The lowest BCUT2D eigenvalue weighted by Crippen LogP contribution is -2.43. The van der Waals surface area contributed by atoms with Crippen molar-refractivity contribution < 1.29 is 4.79 Å². The topological polar surface area (TPSA) is 32.3 Å². The molecule has 2 aromatic rings. The van der Waals surface area contributed by atoms with Gasteiger partial charge in [-0.2, -0.15) is 0 Å². The van der Waals surface area contributed by atoms with Crippen molar-refractivity contribution in [2.75, 3.05) is 20.1 Å². The van der Waals surface area contributed by atoms with E-state index >= 15 is 0 Å². The molecule has 0 aliphatic carbocycles. The second-order valence-electron chi connectivity index (χ2n) is 5.53. The van der Waals surface area contributed by atoms with E-state index in [1.807, 2.05) is 36.2 Å². The van der Waals surface area contributed by atoms with Crippen LogP contribution in [0.4, 0.5) is 0 Å². The zero-order chi connectivity index (χ0) is 15.5. The predicted octanol–water partition coefficient (Wildman–Crippen LogP) is 4.42. The third kappa shape index (κ3) is 4.35. The lowest BCUT2D eigenvalue weighted by Gasteiger charge is -2.31. The summed E-state index contributed by atoms with van der Waals surface area (Å²) in [5, 5.41) is 3.29. The molecule has 0 spiro atoms. The Bertz CT molecular complexity index is 651. The zero-order valence-corrected chi connectivity index (χ0v) is 16.1. The summed E-state index contributed by atoms with van der Waals surface area (Å²) >= 11 is 5.02. The first kappa shape index (κ1) is 18.5. The number of nitrogens with one attached hydrogen (secondary N) is 1. The second kappa shape index (κ2) is 8.29. The molecular weight excluding hydrogens is 396 g/mol. The molecule has 1 aliphatic rings. The minimum absolute atomic E-state index is 0. The van der Waals surface area contributed by atoms with Gasteiger partial charge >= 0.3 is 0 Å². The fraction of sp³-hybridized carbons (Fsp3) is 0.353. The molecule has 1 aromatic heterocycles. The molecular formula is C17H20BrClN2OS. The van der Waals surface area contributed by atoms with Crippen molar-refractivity contribution in [2.24, 2.45) is 0 Å². The lowest BCUT2D eigenvalue weighted by molar-refractivity contribution is 0.0712. The Morgan fingerprint density at radius 3 is 2.43 bits per heavy atom. The summed E-state index contributed by atoms with van der Waals surface area (Å²) in [6, 6.07) is 12.7. The van der Waals surface area contributed by atoms with Crippen molar-refractivity contribution in [3.05, 3.63) is 45.7 Å². The maximum atomic E-state index is 12.6. The second-order valence-corrected chi connectivity index (χ2v) is 7.53. The van der Waals surface area contributed by atoms with Gasteiger partial charge in [0.1, 0.15) is 0 Å². The lowest BCUT2D eigenvalue weighted by atomic mass is 10.1. The Morgan fingerprint density at radius 1 is 1.17 bits per heavy atom. The number of thiophene rings is 1. The SMILES string of the molecule is CNC1CCN(C(=O)c2ccc(-c3ccc(Br)cc3)s2)CC1.Cl. The standard InChI is InChI=1S/C17H19BrN2OS.ClH/c1-19-14-8-10-20(11-9-14)17(21)16-7-6-15(22-16)12-2-4-13(18)5-3-12;/h2-7,14,19H,8-11H2,1H3;1H. The summed E-state index contributed by atoms with van der Waals surface area (Å²) in [5.41, 5.74) is 1.15. The van der Waals surface area contributed by atoms with Gasteiger partial charge in [-0.05, 0) is 49.7 Å². The highest BCUT2D eigenvalue weighted by molar-refractivity contribution is 9.10. The largest absolute Gasteiger partial charge is 0.338 e. The molecule has 1 aromatic carbocycles. The molecule has 124 valence electrons. The van der Waals surface area contributed by atoms with Crippen LogP contribution in [0.25, 0.3) is 10.4 Å². The van der Waals surface area contributed by atoms with Crippen LogP contribution >= 0.6 is 39.7 Å². The van der Waals surface area contributed by atoms with E-state index in [1.165, 1.54) is 0 Å². The number of hydrogen-bond donors (Lipinski definition) is 1. The summed E-state index contributed by atoms with van der Waals surface area (Å²) in [4.78, 5) is 16.6. The molecule has 2 heterocycles. The van der Waals surface area contributed by atoms with E-state index in [9.17, 15) is 4.79 Å². The number of carbonyl (C=O) groups excluding carboxylic acids is 1. The molecule has 0 radical (unpaired) electrons. The number of piperidine rings is 1. The maximum Gasteiger partial charge on any atom is 0.263 e. The van der Waals surface area contributed by atoms with Crippen LogP contribution in [0.1, 0.15) is 22.5 Å². The van der Waals surface area contributed by atoms with Gasteiger partial charge in [0.2, 0.25) is 0 Å². The number of carbonyl (C=O) groups is 1. The summed E-state index contributed by atoms with van der Waals surface area (Å²) in [7, 11) is 1.99. The van der Waals surface area contributed by atoms with Gasteiger partial charge in [0.05, 0.1) is 4.88 Å². The van der Waals surface area contributed by atoms with E-state index in [2.05, 4.69) is 33.4 Å². The Kier molecular flexibility index (Phi) is 6.65. The molecule has 0 unspecified atom stereocenters. The Balaban J connectivity index is 0.00000192. The first-order chi connectivity index (χ1) is 10.7. The summed E-state index contributed by atoms with van der Waals surface area (Å²) in [5.74, 6) is 0.169. The number of hydrogen-bond acceptors (Lipinski definition) is 3. The van der Waals surface area contributed by atoms with Crippen LogP contribution in [-0.2, 0) is 0 Å². The summed E-state index contributed by atoms with van der Waals surface area (Å²) in [6.07, 6.45) is 2.07. The quantitative estimate of drug-likeness (QED) is 0.804. The van der Waals surface area contributed by atoms with E-state index in [0.717, 1.165) is 45.7 Å². The third-order valence-corrected chi connectivity index (χ3v) is 5.79. The molecule has 1 amide bonds. The smallest absolute Gasteiger partial charge is 0.263 e. The highest BCUT2D eigenvalue weighted by Gasteiger charge is 2.23. The minimum atomic E-state index is 0. The van der Waals surface area contributed by atoms with Gasteiger partial charge in [0, 0.05) is 28.5 Å². The van der Waals surface area contributed by atoms with Crippen LogP contribution in [-0.4, -0.2) is 37.0 Å². The van der Waals surface area contributed by atoms with Crippen molar-refractivity contribution >= 4 is 45.6 Å². The average molecular weight is 416 g/mol. The molecule has 1 aliphatic heterocycles. The third-order valence-electron chi connectivity index (χ3n) is 4.14. The summed E-state index contributed by atoms with van der Waals surface area (Å²) < 4.78 is 1.07. The van der Waals surface area contributed by atoms with Gasteiger partial charge in [-0.3, -0.25) is 4.79 Å². The van der Waals surface area contributed by atoms with E-state index in [1.54, 1.807) is 11.3 Å². The molecule has 6 heteroatoms.